The maximum absolute atomic E-state index is 13.4. The highest BCUT2D eigenvalue weighted by Gasteiger charge is 2.37. The van der Waals surface area contributed by atoms with E-state index < -0.39 is 6.04 Å². The van der Waals surface area contributed by atoms with Crippen molar-refractivity contribution in [3.63, 3.8) is 0 Å². The van der Waals surface area contributed by atoms with E-state index in [1.165, 1.54) is 11.3 Å². The van der Waals surface area contributed by atoms with Crippen LogP contribution in [0.3, 0.4) is 0 Å². The minimum absolute atomic E-state index is 0.142. The van der Waals surface area contributed by atoms with Gasteiger partial charge in [0.2, 0.25) is 0 Å². The van der Waals surface area contributed by atoms with Gasteiger partial charge in [0.25, 0.3) is 11.8 Å². The molecular weight excluding hydrogens is 408 g/mol. The Balaban J connectivity index is 1.44. The number of fused-ring (bicyclic) bond motifs is 1. The molecule has 1 aliphatic rings. The molecule has 7 heteroatoms. The van der Waals surface area contributed by atoms with Crippen LogP contribution in [0.25, 0.3) is 11.3 Å². The van der Waals surface area contributed by atoms with Crippen molar-refractivity contribution in [2.75, 3.05) is 5.32 Å². The Morgan fingerprint density at radius 2 is 1.74 bits per heavy atom. The highest BCUT2D eigenvalue weighted by Crippen LogP contribution is 2.33. The minimum Gasteiger partial charge on any atom is -0.318 e. The van der Waals surface area contributed by atoms with Gasteiger partial charge in [0.05, 0.1) is 5.69 Å². The van der Waals surface area contributed by atoms with Crippen molar-refractivity contribution in [3.05, 3.63) is 101 Å². The third-order valence-electron chi connectivity index (χ3n) is 5.24. The first kappa shape index (κ1) is 19.1. The number of hydrogen-bond donors (Lipinski definition) is 1. The lowest BCUT2D eigenvalue weighted by molar-refractivity contribution is -0.120. The smallest absolute Gasteiger partial charge is 0.255 e. The average molecular weight is 427 g/mol. The first-order valence-corrected chi connectivity index (χ1v) is 10.7. The first-order valence-electron chi connectivity index (χ1n) is 9.81. The number of pyridine rings is 1. The predicted molar refractivity (Wildman–Crippen MR) is 119 cm³/mol. The number of aromatic nitrogens is 2. The second-order valence-electron chi connectivity index (χ2n) is 7.17. The molecule has 4 aromatic rings. The number of amides is 2. The molecule has 0 radical (unpaired) electrons. The van der Waals surface area contributed by atoms with Crippen LogP contribution in [-0.2, 0) is 11.3 Å². The minimum atomic E-state index is -0.755. The molecule has 6 nitrogen and oxygen atoms in total. The van der Waals surface area contributed by atoms with Gasteiger partial charge in [0.15, 0.2) is 5.13 Å². The molecule has 152 valence electrons. The summed E-state index contributed by atoms with van der Waals surface area (Å²) in [5, 5.41) is 5.29. The number of carbonyl (C=O) groups excluding carboxylic acids is 2. The predicted octanol–water partition coefficient (Wildman–Crippen LogP) is 4.54. The van der Waals surface area contributed by atoms with E-state index >= 15 is 0 Å². The summed E-state index contributed by atoms with van der Waals surface area (Å²) in [6, 6.07) is 19.8. The first-order chi connectivity index (χ1) is 15.2. The van der Waals surface area contributed by atoms with E-state index in [4.69, 9.17) is 0 Å². The zero-order valence-electron chi connectivity index (χ0n) is 16.4. The molecule has 0 aliphatic carbocycles. The number of benzene rings is 2. The number of carbonyl (C=O) groups is 2. The lowest BCUT2D eigenvalue weighted by Gasteiger charge is -2.27. The summed E-state index contributed by atoms with van der Waals surface area (Å²) in [6.07, 6.45) is 3.41. The van der Waals surface area contributed by atoms with Crippen LogP contribution in [0, 0.1) is 0 Å². The van der Waals surface area contributed by atoms with Gasteiger partial charge in [-0.1, -0.05) is 48.5 Å². The van der Waals surface area contributed by atoms with Crippen molar-refractivity contribution in [3.8, 4) is 11.3 Å². The summed E-state index contributed by atoms with van der Waals surface area (Å²) in [7, 11) is 0. The Kier molecular flexibility index (Phi) is 5.01. The van der Waals surface area contributed by atoms with E-state index in [0.717, 1.165) is 22.4 Å². The van der Waals surface area contributed by atoms with E-state index in [9.17, 15) is 9.59 Å². The molecule has 31 heavy (non-hydrogen) atoms. The summed E-state index contributed by atoms with van der Waals surface area (Å²) in [6.45, 7) is 0.391. The van der Waals surface area contributed by atoms with Crippen molar-refractivity contribution in [1.29, 1.82) is 0 Å². The van der Waals surface area contributed by atoms with Gasteiger partial charge in [-0.05, 0) is 29.3 Å². The van der Waals surface area contributed by atoms with Gasteiger partial charge in [-0.25, -0.2) is 4.98 Å². The number of nitrogens with zero attached hydrogens (tertiary/aromatic N) is 3. The summed E-state index contributed by atoms with van der Waals surface area (Å²) < 4.78 is 0. The molecule has 0 saturated carbocycles. The highest BCUT2D eigenvalue weighted by atomic mass is 32.1. The van der Waals surface area contributed by atoms with Gasteiger partial charge in [-0.3, -0.25) is 19.9 Å². The maximum Gasteiger partial charge on any atom is 0.255 e. The number of rotatable bonds is 5. The number of hydrogen-bond acceptors (Lipinski definition) is 5. The molecule has 0 bridgehead atoms. The number of anilines is 1. The van der Waals surface area contributed by atoms with E-state index in [2.05, 4.69) is 15.3 Å². The molecule has 2 aromatic carbocycles. The fourth-order valence-corrected chi connectivity index (χ4v) is 4.48. The van der Waals surface area contributed by atoms with E-state index in [1.807, 2.05) is 66.0 Å². The van der Waals surface area contributed by atoms with Crippen LogP contribution >= 0.6 is 11.3 Å². The molecular formula is C24H18N4O2S. The van der Waals surface area contributed by atoms with Gasteiger partial charge in [0.1, 0.15) is 6.04 Å². The van der Waals surface area contributed by atoms with Crippen LogP contribution in [0.15, 0.2) is 84.5 Å². The molecule has 0 fully saturated rings. The second-order valence-corrected chi connectivity index (χ2v) is 8.02. The maximum atomic E-state index is 13.4. The van der Waals surface area contributed by atoms with Crippen LogP contribution in [0.4, 0.5) is 5.13 Å². The Bertz CT molecular complexity index is 1240. The fraction of sp³-hybridized carbons (Fsp3) is 0.0833. The molecule has 0 unspecified atom stereocenters. The standard InChI is InChI=1S/C24H18N4O2S/c29-22(27-24-26-20(15-31-24)16-10-12-25-13-11-16)21(17-6-2-1-3-7-17)28-14-18-8-4-5-9-19(18)23(28)30/h1-13,15,21H,14H2,(H,26,27,29)/t21-/m1/s1. The van der Waals surface area contributed by atoms with Crippen LogP contribution in [0.1, 0.15) is 27.5 Å². The topological polar surface area (TPSA) is 75.2 Å². The Morgan fingerprint density at radius 1 is 1.00 bits per heavy atom. The monoisotopic (exact) mass is 426 g/mol. The summed E-state index contributed by atoms with van der Waals surface area (Å²) in [5.41, 5.74) is 4.02. The zero-order chi connectivity index (χ0) is 21.2. The van der Waals surface area contributed by atoms with Gasteiger partial charge >= 0.3 is 0 Å². The molecule has 1 atom stereocenters. The fourth-order valence-electron chi connectivity index (χ4n) is 3.75. The third-order valence-corrected chi connectivity index (χ3v) is 5.99. The third kappa shape index (κ3) is 3.71. The van der Waals surface area contributed by atoms with Crippen LogP contribution in [-0.4, -0.2) is 26.7 Å². The number of thiazole rings is 1. The molecule has 1 N–H and O–H groups in total. The molecule has 2 aromatic heterocycles. The van der Waals surface area contributed by atoms with Crippen molar-refractivity contribution >= 4 is 28.3 Å². The van der Waals surface area contributed by atoms with Crippen molar-refractivity contribution < 1.29 is 9.59 Å². The Labute approximate surface area is 183 Å². The molecule has 5 rings (SSSR count). The van der Waals surface area contributed by atoms with Crippen LogP contribution < -0.4 is 5.32 Å². The van der Waals surface area contributed by atoms with Gasteiger partial charge < -0.3 is 4.90 Å². The van der Waals surface area contributed by atoms with Gasteiger partial charge in [-0.15, -0.1) is 11.3 Å². The summed E-state index contributed by atoms with van der Waals surface area (Å²) in [5.74, 6) is -0.431. The normalized spacial score (nSPS) is 13.7. The average Bonchev–Trinajstić information content (AvgIpc) is 3.40. The SMILES string of the molecule is O=C(Nc1nc(-c2ccncc2)cs1)[C@@H](c1ccccc1)N1Cc2ccccc2C1=O. The summed E-state index contributed by atoms with van der Waals surface area (Å²) >= 11 is 1.35. The lowest BCUT2D eigenvalue weighted by atomic mass is 10.0. The van der Waals surface area contributed by atoms with Crippen LogP contribution in [0.5, 0.6) is 0 Å². The van der Waals surface area contributed by atoms with Crippen molar-refractivity contribution in [2.45, 2.75) is 12.6 Å². The molecule has 2 amide bonds. The van der Waals surface area contributed by atoms with Crippen molar-refractivity contribution in [1.82, 2.24) is 14.9 Å². The number of nitrogens with one attached hydrogen (secondary N) is 1. The van der Waals surface area contributed by atoms with Gasteiger partial charge in [-0.2, -0.15) is 0 Å². The van der Waals surface area contributed by atoms with E-state index in [1.54, 1.807) is 23.4 Å². The van der Waals surface area contributed by atoms with E-state index in [0.29, 0.717) is 17.2 Å². The van der Waals surface area contributed by atoms with Gasteiger partial charge in [0, 0.05) is 35.4 Å². The largest absolute Gasteiger partial charge is 0.318 e. The second kappa shape index (κ2) is 8.12. The Hall–Kier alpha value is -3.84. The summed E-state index contributed by atoms with van der Waals surface area (Å²) in [4.78, 5) is 36.7. The molecule has 1 aliphatic heterocycles. The zero-order valence-corrected chi connectivity index (χ0v) is 17.3. The van der Waals surface area contributed by atoms with Crippen molar-refractivity contribution in [2.24, 2.45) is 0 Å². The van der Waals surface area contributed by atoms with Crippen LogP contribution in [0.2, 0.25) is 0 Å². The molecule has 0 saturated heterocycles. The molecule has 3 heterocycles. The van der Waals surface area contributed by atoms with E-state index in [-0.39, 0.29) is 11.8 Å². The molecule has 0 spiro atoms. The highest BCUT2D eigenvalue weighted by molar-refractivity contribution is 7.14. The lowest BCUT2D eigenvalue weighted by Crippen LogP contribution is -2.37. The Morgan fingerprint density at radius 3 is 2.52 bits per heavy atom. The quantitative estimate of drug-likeness (QED) is 0.508.